The average Bonchev–Trinajstić information content (AvgIpc) is 3.04. The lowest BCUT2D eigenvalue weighted by Crippen LogP contribution is -2.01. The zero-order valence-corrected chi connectivity index (χ0v) is 12.6. The average molecular weight is 300 g/mol. The summed E-state index contributed by atoms with van der Waals surface area (Å²) in [6.07, 6.45) is 4.73. The molecule has 3 rings (SSSR count). The Morgan fingerprint density at radius 2 is 2.10 bits per heavy atom. The van der Waals surface area contributed by atoms with Gasteiger partial charge >= 0.3 is 5.97 Å². The Balaban J connectivity index is 2.10. The molecule has 2 heterocycles. The Labute approximate surface area is 126 Å². The molecule has 2 aromatic heterocycles. The minimum Gasteiger partial charge on any atom is -0.477 e. The molecule has 0 unspecified atom stereocenters. The minimum absolute atomic E-state index is 0.408. The SMILES string of the molecule is CCCCc1c(C(=O)O)sc2nc(-c3ccccc3)cn12. The number of carboxylic acids is 1. The molecule has 1 aromatic carbocycles. The van der Waals surface area contributed by atoms with Crippen LogP contribution >= 0.6 is 11.3 Å². The van der Waals surface area contributed by atoms with Crippen molar-refractivity contribution in [2.45, 2.75) is 26.2 Å². The van der Waals surface area contributed by atoms with Crippen LogP contribution in [0.25, 0.3) is 16.2 Å². The molecule has 0 saturated carbocycles. The molecule has 0 fully saturated rings. The molecule has 0 spiro atoms. The van der Waals surface area contributed by atoms with E-state index in [0.29, 0.717) is 4.88 Å². The van der Waals surface area contributed by atoms with Gasteiger partial charge in [0.05, 0.1) is 5.69 Å². The molecule has 5 heteroatoms. The number of aromatic carboxylic acids is 1. The molecular formula is C16H16N2O2S. The quantitative estimate of drug-likeness (QED) is 0.771. The third-order valence-electron chi connectivity index (χ3n) is 3.45. The van der Waals surface area contributed by atoms with Crippen molar-refractivity contribution in [1.29, 1.82) is 0 Å². The number of carboxylic acid groups (broad SMARTS) is 1. The standard InChI is InChI=1S/C16H16N2O2S/c1-2-3-9-13-14(15(19)20)21-16-17-12(10-18(13)16)11-7-5-4-6-8-11/h4-8,10H,2-3,9H2,1H3,(H,19,20). The predicted molar refractivity (Wildman–Crippen MR) is 84.1 cm³/mol. The largest absolute Gasteiger partial charge is 0.477 e. The van der Waals surface area contributed by atoms with Gasteiger partial charge in [-0.3, -0.25) is 4.40 Å². The Morgan fingerprint density at radius 1 is 1.33 bits per heavy atom. The number of thiazole rings is 1. The zero-order valence-electron chi connectivity index (χ0n) is 11.7. The van der Waals surface area contributed by atoms with Crippen LogP contribution in [0.1, 0.15) is 35.1 Å². The third kappa shape index (κ3) is 2.56. The maximum Gasteiger partial charge on any atom is 0.347 e. The maximum atomic E-state index is 11.4. The lowest BCUT2D eigenvalue weighted by atomic mass is 10.1. The fourth-order valence-corrected chi connectivity index (χ4v) is 3.37. The molecule has 3 aromatic rings. The summed E-state index contributed by atoms with van der Waals surface area (Å²) in [7, 11) is 0. The number of aryl methyl sites for hydroxylation is 1. The molecule has 4 nitrogen and oxygen atoms in total. The lowest BCUT2D eigenvalue weighted by molar-refractivity contribution is 0.0700. The number of unbranched alkanes of at least 4 members (excludes halogenated alkanes) is 1. The Bertz CT molecular complexity index is 774. The molecule has 0 bridgehead atoms. The van der Waals surface area contributed by atoms with Crippen molar-refractivity contribution in [3.63, 3.8) is 0 Å². The molecular weight excluding hydrogens is 284 g/mol. The van der Waals surface area contributed by atoms with Crippen LogP contribution in [-0.4, -0.2) is 20.5 Å². The van der Waals surface area contributed by atoms with Crippen LogP contribution in [0.5, 0.6) is 0 Å². The predicted octanol–water partition coefficient (Wildman–Crippen LogP) is 4.10. The van der Waals surface area contributed by atoms with Crippen molar-refractivity contribution in [2.75, 3.05) is 0 Å². The van der Waals surface area contributed by atoms with Gasteiger partial charge < -0.3 is 5.11 Å². The highest BCUT2D eigenvalue weighted by atomic mass is 32.1. The van der Waals surface area contributed by atoms with E-state index in [0.717, 1.165) is 41.2 Å². The van der Waals surface area contributed by atoms with Crippen molar-refractivity contribution >= 4 is 22.3 Å². The number of fused-ring (bicyclic) bond motifs is 1. The summed E-state index contributed by atoms with van der Waals surface area (Å²) < 4.78 is 1.94. The van der Waals surface area contributed by atoms with Crippen LogP contribution in [0, 0.1) is 0 Å². The first-order valence-corrected chi connectivity index (χ1v) is 7.82. The molecule has 1 N–H and O–H groups in total. The first-order valence-electron chi connectivity index (χ1n) is 7.00. The van der Waals surface area contributed by atoms with Gasteiger partial charge in [0.2, 0.25) is 0 Å². The van der Waals surface area contributed by atoms with Crippen molar-refractivity contribution in [3.8, 4) is 11.3 Å². The number of hydrogen-bond donors (Lipinski definition) is 1. The fraction of sp³-hybridized carbons (Fsp3) is 0.250. The smallest absolute Gasteiger partial charge is 0.347 e. The second kappa shape index (κ2) is 5.69. The number of nitrogens with zero attached hydrogens (tertiary/aromatic N) is 2. The van der Waals surface area contributed by atoms with Gasteiger partial charge in [0.1, 0.15) is 4.88 Å². The van der Waals surface area contributed by atoms with E-state index in [9.17, 15) is 9.90 Å². The van der Waals surface area contributed by atoms with Crippen molar-refractivity contribution in [1.82, 2.24) is 9.38 Å². The highest BCUT2D eigenvalue weighted by molar-refractivity contribution is 7.19. The van der Waals surface area contributed by atoms with Gasteiger partial charge in [0.25, 0.3) is 0 Å². The fourth-order valence-electron chi connectivity index (χ4n) is 2.38. The maximum absolute atomic E-state index is 11.4. The van der Waals surface area contributed by atoms with E-state index < -0.39 is 5.97 Å². The molecule has 108 valence electrons. The van der Waals surface area contributed by atoms with E-state index in [1.807, 2.05) is 40.9 Å². The van der Waals surface area contributed by atoms with E-state index in [1.54, 1.807) is 0 Å². The van der Waals surface area contributed by atoms with Gasteiger partial charge in [-0.15, -0.1) is 0 Å². The number of carbonyl (C=O) groups is 1. The van der Waals surface area contributed by atoms with Crippen LogP contribution in [0.4, 0.5) is 0 Å². The summed E-state index contributed by atoms with van der Waals surface area (Å²) in [4.78, 5) is 17.1. The molecule has 0 aliphatic carbocycles. The molecule has 0 aliphatic heterocycles. The van der Waals surface area contributed by atoms with Gasteiger partial charge in [0, 0.05) is 17.5 Å². The Kier molecular flexibility index (Phi) is 3.75. The molecule has 0 saturated heterocycles. The van der Waals surface area contributed by atoms with E-state index in [1.165, 1.54) is 11.3 Å². The number of hydrogen-bond acceptors (Lipinski definition) is 3. The zero-order chi connectivity index (χ0) is 14.8. The van der Waals surface area contributed by atoms with E-state index >= 15 is 0 Å². The second-order valence-corrected chi connectivity index (χ2v) is 5.91. The van der Waals surface area contributed by atoms with Crippen molar-refractivity contribution < 1.29 is 9.90 Å². The van der Waals surface area contributed by atoms with Gasteiger partial charge in [0.15, 0.2) is 4.96 Å². The molecule has 0 aliphatic rings. The van der Waals surface area contributed by atoms with Crippen LogP contribution in [0.3, 0.4) is 0 Å². The number of rotatable bonds is 5. The van der Waals surface area contributed by atoms with Gasteiger partial charge in [-0.1, -0.05) is 55.0 Å². The van der Waals surface area contributed by atoms with Gasteiger partial charge in [-0.05, 0) is 12.8 Å². The first kappa shape index (κ1) is 13.8. The summed E-state index contributed by atoms with van der Waals surface area (Å²) >= 11 is 1.25. The van der Waals surface area contributed by atoms with Gasteiger partial charge in [-0.2, -0.15) is 0 Å². The first-order chi connectivity index (χ1) is 10.2. The van der Waals surface area contributed by atoms with Crippen LogP contribution in [0.2, 0.25) is 0 Å². The summed E-state index contributed by atoms with van der Waals surface area (Å²) in [5, 5.41) is 9.34. The molecule has 21 heavy (non-hydrogen) atoms. The van der Waals surface area contributed by atoms with Crippen LogP contribution in [-0.2, 0) is 6.42 Å². The summed E-state index contributed by atoms with van der Waals surface area (Å²) in [5.74, 6) is -0.863. The van der Waals surface area contributed by atoms with Crippen molar-refractivity contribution in [2.24, 2.45) is 0 Å². The van der Waals surface area contributed by atoms with Crippen molar-refractivity contribution in [3.05, 3.63) is 47.1 Å². The molecule has 0 radical (unpaired) electrons. The van der Waals surface area contributed by atoms with Crippen LogP contribution < -0.4 is 0 Å². The summed E-state index contributed by atoms with van der Waals surface area (Å²) in [6.45, 7) is 2.10. The monoisotopic (exact) mass is 300 g/mol. The third-order valence-corrected chi connectivity index (χ3v) is 4.54. The van der Waals surface area contributed by atoms with Gasteiger partial charge in [-0.25, -0.2) is 9.78 Å². The summed E-state index contributed by atoms with van der Waals surface area (Å²) in [5.41, 5.74) is 2.79. The Hall–Kier alpha value is -2.14. The number of imidazole rings is 1. The number of benzene rings is 1. The van der Waals surface area contributed by atoms with E-state index in [4.69, 9.17) is 0 Å². The Morgan fingerprint density at radius 3 is 2.76 bits per heavy atom. The van der Waals surface area contributed by atoms with E-state index in [-0.39, 0.29) is 0 Å². The highest BCUT2D eigenvalue weighted by Gasteiger charge is 2.19. The normalized spacial score (nSPS) is 11.1. The summed E-state index contributed by atoms with van der Waals surface area (Å²) in [6, 6.07) is 9.94. The molecule has 0 atom stereocenters. The molecule has 0 amide bonds. The highest BCUT2D eigenvalue weighted by Crippen LogP contribution is 2.28. The lowest BCUT2D eigenvalue weighted by Gasteiger charge is -2.00. The second-order valence-electron chi connectivity index (χ2n) is 4.93. The minimum atomic E-state index is -0.863. The van der Waals surface area contributed by atoms with E-state index in [2.05, 4.69) is 11.9 Å². The topological polar surface area (TPSA) is 54.6 Å². The van der Waals surface area contributed by atoms with Crippen LogP contribution in [0.15, 0.2) is 36.5 Å². The number of aromatic nitrogens is 2.